The molecule has 2 aromatic rings. The average Bonchev–Trinajstić information content (AvgIpc) is 3.07. The minimum absolute atomic E-state index is 0.637. The largest absolute Gasteiger partial charge is 0.0654 e. The van der Waals surface area contributed by atoms with Crippen molar-refractivity contribution in [1.29, 1.82) is 0 Å². The van der Waals surface area contributed by atoms with E-state index in [-0.39, 0.29) is 0 Å². The Morgan fingerprint density at radius 2 is 1.68 bits per heavy atom. The Hall–Kier alpha value is -1.82. The minimum atomic E-state index is 0.637. The van der Waals surface area contributed by atoms with Crippen molar-refractivity contribution < 1.29 is 0 Å². The number of fused-ring (bicyclic) bond motifs is 1. The Bertz CT molecular complexity index is 718. The molecule has 1 unspecified atom stereocenters. The Labute approximate surface area is 154 Å². The van der Waals surface area contributed by atoms with Crippen LogP contribution in [0.3, 0.4) is 0 Å². The van der Waals surface area contributed by atoms with E-state index in [0.29, 0.717) is 5.92 Å². The Balaban J connectivity index is 1.79. The van der Waals surface area contributed by atoms with Crippen molar-refractivity contribution in [3.05, 3.63) is 71.1 Å². The molecule has 0 heteroatoms. The molecule has 0 saturated carbocycles. The molecular formula is C25H31. The third-order valence-electron chi connectivity index (χ3n) is 5.53. The molecule has 0 N–H and O–H groups in total. The van der Waals surface area contributed by atoms with Gasteiger partial charge in [0.25, 0.3) is 0 Å². The fourth-order valence-electron chi connectivity index (χ4n) is 3.68. The molecule has 0 saturated heterocycles. The van der Waals surface area contributed by atoms with Gasteiger partial charge >= 0.3 is 0 Å². The second kappa shape index (κ2) is 8.52. The standard InChI is InChI=1S/C25H31/c1-4-6-7-8-10-20-17-23-11-9-12-24(25(23)18-20)22-15-13-21(14-16-22)19(3)5-2/h9,11-19H,4-8,10H2,1-3H3. The molecule has 0 nitrogen and oxygen atoms in total. The van der Waals surface area contributed by atoms with Crippen LogP contribution in [0, 0.1) is 6.42 Å². The minimum Gasteiger partial charge on any atom is -0.0654 e. The molecule has 1 atom stereocenters. The quantitative estimate of drug-likeness (QED) is 0.433. The van der Waals surface area contributed by atoms with Crippen LogP contribution in [0.5, 0.6) is 0 Å². The summed E-state index contributed by atoms with van der Waals surface area (Å²) in [6.45, 7) is 6.83. The number of unbranched alkanes of at least 4 members (excludes halogenated alkanes) is 3. The topological polar surface area (TPSA) is 0 Å². The van der Waals surface area contributed by atoms with Gasteiger partial charge in [0, 0.05) is 6.42 Å². The second-order valence-corrected chi connectivity index (χ2v) is 7.41. The zero-order valence-electron chi connectivity index (χ0n) is 16.0. The highest BCUT2D eigenvalue weighted by Crippen LogP contribution is 2.37. The molecule has 0 aromatic heterocycles. The van der Waals surface area contributed by atoms with Crippen LogP contribution < -0.4 is 0 Å². The first-order valence-electron chi connectivity index (χ1n) is 10.0. The van der Waals surface area contributed by atoms with Crippen molar-refractivity contribution in [2.75, 3.05) is 0 Å². The van der Waals surface area contributed by atoms with Gasteiger partial charge in [-0.2, -0.15) is 0 Å². The van der Waals surface area contributed by atoms with Gasteiger partial charge in [-0.05, 0) is 53.0 Å². The first kappa shape index (κ1) is 18.0. The molecule has 3 rings (SSSR count). The van der Waals surface area contributed by atoms with Crippen LogP contribution in [0.4, 0.5) is 0 Å². The third kappa shape index (κ3) is 4.24. The van der Waals surface area contributed by atoms with E-state index < -0.39 is 0 Å². The summed E-state index contributed by atoms with van der Waals surface area (Å²) in [5.74, 6) is 0.637. The SMILES string of the molecule is CCCCCCC1=Cc2c(cccc2-c2ccc(C(C)CC)cc2)[CH]1. The molecular weight excluding hydrogens is 300 g/mol. The normalized spacial score (nSPS) is 14.3. The van der Waals surface area contributed by atoms with E-state index in [1.165, 1.54) is 71.9 Å². The van der Waals surface area contributed by atoms with E-state index in [1.807, 2.05) is 0 Å². The first-order chi connectivity index (χ1) is 12.2. The van der Waals surface area contributed by atoms with E-state index in [2.05, 4.69) is 75.7 Å². The molecule has 1 aliphatic rings. The van der Waals surface area contributed by atoms with Crippen molar-refractivity contribution >= 4 is 6.08 Å². The van der Waals surface area contributed by atoms with E-state index in [9.17, 15) is 0 Å². The number of hydrogen-bond acceptors (Lipinski definition) is 0. The molecule has 131 valence electrons. The van der Waals surface area contributed by atoms with Gasteiger partial charge < -0.3 is 0 Å². The van der Waals surface area contributed by atoms with Crippen molar-refractivity contribution in [3.63, 3.8) is 0 Å². The number of hydrogen-bond donors (Lipinski definition) is 0. The fourth-order valence-corrected chi connectivity index (χ4v) is 3.68. The maximum absolute atomic E-state index is 2.42. The van der Waals surface area contributed by atoms with E-state index in [0.717, 1.165) is 0 Å². The maximum Gasteiger partial charge on any atom is 0.0164 e. The lowest BCUT2D eigenvalue weighted by Crippen LogP contribution is -1.91. The van der Waals surface area contributed by atoms with E-state index >= 15 is 0 Å². The van der Waals surface area contributed by atoms with Crippen LogP contribution in [0.25, 0.3) is 17.2 Å². The molecule has 0 bridgehead atoms. The molecule has 0 amide bonds. The predicted octanol–water partition coefficient (Wildman–Crippen LogP) is 7.79. The van der Waals surface area contributed by atoms with Crippen LogP contribution in [-0.4, -0.2) is 0 Å². The summed E-state index contributed by atoms with van der Waals surface area (Å²) in [5.41, 5.74) is 8.43. The number of rotatable bonds is 8. The van der Waals surface area contributed by atoms with E-state index in [1.54, 1.807) is 0 Å². The molecule has 2 aromatic carbocycles. The monoisotopic (exact) mass is 331 g/mol. The second-order valence-electron chi connectivity index (χ2n) is 7.41. The van der Waals surface area contributed by atoms with Crippen LogP contribution in [0.15, 0.2) is 48.0 Å². The lowest BCUT2D eigenvalue weighted by Gasteiger charge is -2.11. The lowest BCUT2D eigenvalue weighted by atomic mass is 9.93. The molecule has 25 heavy (non-hydrogen) atoms. The summed E-state index contributed by atoms with van der Waals surface area (Å²) in [6, 6.07) is 15.9. The molecule has 1 aliphatic carbocycles. The lowest BCUT2D eigenvalue weighted by molar-refractivity contribution is 0.668. The van der Waals surface area contributed by atoms with Crippen molar-refractivity contribution in [2.45, 2.75) is 65.2 Å². The van der Waals surface area contributed by atoms with Gasteiger partial charge in [0.05, 0.1) is 0 Å². The predicted molar refractivity (Wildman–Crippen MR) is 111 cm³/mol. The number of benzene rings is 2. The zero-order valence-corrected chi connectivity index (χ0v) is 16.0. The van der Waals surface area contributed by atoms with Gasteiger partial charge in [0.15, 0.2) is 0 Å². The van der Waals surface area contributed by atoms with Crippen LogP contribution in [0.1, 0.15) is 81.9 Å². The molecule has 0 spiro atoms. The molecule has 1 radical (unpaired) electrons. The summed E-state index contributed by atoms with van der Waals surface area (Å²) in [5, 5.41) is 0. The Morgan fingerprint density at radius 1 is 0.880 bits per heavy atom. The van der Waals surface area contributed by atoms with Gasteiger partial charge in [-0.15, -0.1) is 0 Å². The third-order valence-corrected chi connectivity index (χ3v) is 5.53. The van der Waals surface area contributed by atoms with Gasteiger partial charge in [-0.1, -0.05) is 94.1 Å². The summed E-state index contributed by atoms with van der Waals surface area (Å²) < 4.78 is 0. The van der Waals surface area contributed by atoms with Crippen molar-refractivity contribution in [3.8, 4) is 11.1 Å². The van der Waals surface area contributed by atoms with E-state index in [4.69, 9.17) is 0 Å². The zero-order chi connectivity index (χ0) is 17.6. The molecule has 0 heterocycles. The van der Waals surface area contributed by atoms with Gasteiger partial charge in [-0.3, -0.25) is 0 Å². The molecule has 0 fully saturated rings. The van der Waals surface area contributed by atoms with Crippen molar-refractivity contribution in [2.24, 2.45) is 0 Å². The van der Waals surface area contributed by atoms with Crippen LogP contribution in [0.2, 0.25) is 0 Å². The Morgan fingerprint density at radius 3 is 2.40 bits per heavy atom. The van der Waals surface area contributed by atoms with Crippen LogP contribution in [-0.2, 0) is 0 Å². The summed E-state index contributed by atoms with van der Waals surface area (Å²) in [4.78, 5) is 0. The molecule has 0 aliphatic heterocycles. The fraction of sp³-hybridized carbons (Fsp3) is 0.400. The van der Waals surface area contributed by atoms with Gasteiger partial charge in [-0.25, -0.2) is 0 Å². The summed E-state index contributed by atoms with van der Waals surface area (Å²) >= 11 is 0. The average molecular weight is 332 g/mol. The van der Waals surface area contributed by atoms with Gasteiger partial charge in [0.2, 0.25) is 0 Å². The highest BCUT2D eigenvalue weighted by atomic mass is 14.2. The highest BCUT2D eigenvalue weighted by molar-refractivity contribution is 5.83. The highest BCUT2D eigenvalue weighted by Gasteiger charge is 2.16. The maximum atomic E-state index is 2.42. The summed E-state index contributed by atoms with van der Waals surface area (Å²) in [7, 11) is 0. The van der Waals surface area contributed by atoms with Crippen molar-refractivity contribution in [1.82, 2.24) is 0 Å². The van der Waals surface area contributed by atoms with Crippen LogP contribution >= 0.6 is 0 Å². The van der Waals surface area contributed by atoms with Gasteiger partial charge in [0.1, 0.15) is 0 Å². The summed E-state index contributed by atoms with van der Waals surface area (Å²) in [6.07, 6.45) is 12.5. The number of allylic oxidation sites excluding steroid dienone is 1. The smallest absolute Gasteiger partial charge is 0.0164 e. The first-order valence-corrected chi connectivity index (χ1v) is 10.0. The Kier molecular flexibility index (Phi) is 6.13.